The first-order valence-electron chi connectivity index (χ1n) is 11.2. The maximum absolute atomic E-state index is 13.4. The van der Waals surface area contributed by atoms with Crippen molar-refractivity contribution in [2.45, 2.75) is 19.4 Å². The van der Waals surface area contributed by atoms with Gasteiger partial charge >= 0.3 is 6.61 Å². The molecule has 1 aromatic carbocycles. The summed E-state index contributed by atoms with van der Waals surface area (Å²) in [5.41, 5.74) is 2.19. The molecule has 1 aliphatic heterocycles. The number of hydrogen-bond donors (Lipinski definition) is 3. The molecule has 4 aromatic heterocycles. The van der Waals surface area contributed by atoms with E-state index in [-0.39, 0.29) is 23.6 Å². The Labute approximate surface area is 207 Å². The van der Waals surface area contributed by atoms with E-state index in [9.17, 15) is 13.9 Å². The molecule has 14 heteroatoms. The standard InChI is InChI=1S/C23H20F2N8O4/c24-23(25)37-17-9-15-18(35-6-3-26-15)8-13(17)20-16(11-32(31-20)12-19-27-4-7-36-19)30-22(34)14-10-29-33-5-1-2-28-21(14)33/h1-2,4-5,7-11,22-23,26,30,34H,3,6,12H2. The number of anilines is 2. The van der Waals surface area contributed by atoms with Gasteiger partial charge in [0.25, 0.3) is 0 Å². The average Bonchev–Trinajstić information content (AvgIpc) is 3.64. The van der Waals surface area contributed by atoms with E-state index in [2.05, 4.69) is 30.8 Å². The first-order valence-corrected chi connectivity index (χ1v) is 11.2. The molecule has 0 spiro atoms. The third-order valence-corrected chi connectivity index (χ3v) is 5.66. The highest BCUT2D eigenvalue weighted by atomic mass is 19.3. The Hall–Kier alpha value is -4.72. The first-order chi connectivity index (χ1) is 18.0. The van der Waals surface area contributed by atoms with Gasteiger partial charge in [0.2, 0.25) is 5.89 Å². The molecule has 0 aliphatic carbocycles. The lowest BCUT2D eigenvalue weighted by Crippen LogP contribution is -2.18. The number of ether oxygens (including phenoxy) is 2. The monoisotopic (exact) mass is 510 g/mol. The maximum atomic E-state index is 13.4. The van der Waals surface area contributed by atoms with Crippen molar-refractivity contribution in [2.24, 2.45) is 0 Å². The molecular weight excluding hydrogens is 490 g/mol. The van der Waals surface area contributed by atoms with Crippen molar-refractivity contribution in [1.82, 2.24) is 29.4 Å². The van der Waals surface area contributed by atoms with Crippen molar-refractivity contribution >= 4 is 17.0 Å². The second-order valence-corrected chi connectivity index (χ2v) is 8.05. The van der Waals surface area contributed by atoms with Gasteiger partial charge in [0.1, 0.15) is 36.6 Å². The minimum Gasteiger partial charge on any atom is -0.490 e. The molecule has 1 unspecified atom stereocenters. The Morgan fingerprint density at radius 1 is 1.24 bits per heavy atom. The van der Waals surface area contributed by atoms with Gasteiger partial charge in [0, 0.05) is 31.2 Å². The highest BCUT2D eigenvalue weighted by Gasteiger charge is 2.25. The molecule has 37 heavy (non-hydrogen) atoms. The number of aromatic nitrogens is 6. The third kappa shape index (κ3) is 4.49. The van der Waals surface area contributed by atoms with Crippen LogP contribution < -0.4 is 20.1 Å². The molecule has 3 N–H and O–H groups in total. The number of fused-ring (bicyclic) bond motifs is 2. The molecule has 5 aromatic rings. The molecule has 0 amide bonds. The van der Waals surface area contributed by atoms with Gasteiger partial charge in [-0.2, -0.15) is 19.0 Å². The van der Waals surface area contributed by atoms with Crippen LogP contribution in [0.15, 0.2) is 59.9 Å². The van der Waals surface area contributed by atoms with Crippen molar-refractivity contribution in [3.05, 3.63) is 66.9 Å². The fourth-order valence-corrected chi connectivity index (χ4v) is 4.08. The lowest BCUT2D eigenvalue weighted by Gasteiger charge is -2.22. The van der Waals surface area contributed by atoms with Gasteiger partial charge < -0.3 is 29.6 Å². The number of nitrogens with one attached hydrogen (secondary N) is 2. The highest BCUT2D eigenvalue weighted by molar-refractivity contribution is 5.83. The summed E-state index contributed by atoms with van der Waals surface area (Å²) in [5, 5.41) is 25.9. The van der Waals surface area contributed by atoms with Crippen molar-refractivity contribution < 1.29 is 27.8 Å². The van der Waals surface area contributed by atoms with E-state index in [0.717, 1.165) is 0 Å². The van der Waals surface area contributed by atoms with Crippen molar-refractivity contribution in [1.29, 1.82) is 0 Å². The van der Waals surface area contributed by atoms with Gasteiger partial charge in [-0.15, -0.1) is 0 Å². The predicted octanol–water partition coefficient (Wildman–Crippen LogP) is 3.14. The first kappa shape index (κ1) is 22.7. The van der Waals surface area contributed by atoms with Crippen LogP contribution >= 0.6 is 0 Å². The minimum atomic E-state index is -3.07. The topological polar surface area (TPSA) is 137 Å². The summed E-state index contributed by atoms with van der Waals surface area (Å²) in [6.07, 6.45) is 8.07. The van der Waals surface area contributed by atoms with E-state index in [0.29, 0.717) is 47.4 Å². The number of aliphatic hydroxyl groups is 1. The zero-order valence-corrected chi connectivity index (χ0v) is 19.1. The van der Waals surface area contributed by atoms with E-state index in [1.54, 1.807) is 30.7 Å². The van der Waals surface area contributed by atoms with E-state index in [1.807, 2.05) is 0 Å². The molecule has 1 aliphatic rings. The fraction of sp³-hybridized carbons (Fsp3) is 0.217. The van der Waals surface area contributed by atoms with Crippen LogP contribution in [-0.4, -0.2) is 54.2 Å². The van der Waals surface area contributed by atoms with Crippen molar-refractivity contribution in [3.63, 3.8) is 0 Å². The number of hydrogen-bond acceptors (Lipinski definition) is 10. The van der Waals surface area contributed by atoms with Gasteiger partial charge in [0.05, 0.1) is 34.9 Å². The van der Waals surface area contributed by atoms with E-state index < -0.39 is 12.8 Å². The molecule has 190 valence electrons. The van der Waals surface area contributed by atoms with Gasteiger partial charge in [-0.05, 0) is 12.1 Å². The normalized spacial score (nSPS) is 13.7. The molecule has 0 bridgehead atoms. The Morgan fingerprint density at radius 3 is 3.00 bits per heavy atom. The van der Waals surface area contributed by atoms with Crippen LogP contribution in [-0.2, 0) is 6.54 Å². The Morgan fingerprint density at radius 2 is 2.16 bits per heavy atom. The summed E-state index contributed by atoms with van der Waals surface area (Å²) >= 11 is 0. The van der Waals surface area contributed by atoms with Crippen molar-refractivity contribution in [3.8, 4) is 22.8 Å². The van der Waals surface area contributed by atoms with Crippen LogP contribution in [0.3, 0.4) is 0 Å². The van der Waals surface area contributed by atoms with E-state index in [4.69, 9.17) is 13.9 Å². The number of nitrogens with zero attached hydrogens (tertiary/aromatic N) is 6. The maximum Gasteiger partial charge on any atom is 0.387 e. The quantitative estimate of drug-likeness (QED) is 0.267. The molecule has 0 saturated carbocycles. The average molecular weight is 510 g/mol. The highest BCUT2D eigenvalue weighted by Crippen LogP contribution is 2.43. The van der Waals surface area contributed by atoms with Gasteiger partial charge in [0.15, 0.2) is 11.9 Å². The van der Waals surface area contributed by atoms with Crippen molar-refractivity contribution in [2.75, 3.05) is 23.8 Å². The number of oxazole rings is 1. The Kier molecular flexibility index (Phi) is 5.76. The molecule has 1 atom stereocenters. The van der Waals surface area contributed by atoms with Gasteiger partial charge in [-0.25, -0.2) is 14.5 Å². The molecule has 5 heterocycles. The number of benzene rings is 1. The second kappa shape index (κ2) is 9.39. The van der Waals surface area contributed by atoms with Gasteiger partial charge in [-0.3, -0.25) is 4.68 Å². The minimum absolute atomic E-state index is 0.108. The molecule has 6 rings (SSSR count). The fourth-order valence-electron chi connectivity index (χ4n) is 4.08. The summed E-state index contributed by atoms with van der Waals surface area (Å²) in [6.45, 7) is -1.98. The predicted molar refractivity (Wildman–Crippen MR) is 125 cm³/mol. The molecular formula is C23H20F2N8O4. The summed E-state index contributed by atoms with van der Waals surface area (Å²) in [7, 11) is 0. The number of aliphatic hydroxyl groups excluding tert-OH is 1. The Bertz CT molecular complexity index is 1540. The third-order valence-electron chi connectivity index (χ3n) is 5.66. The summed E-state index contributed by atoms with van der Waals surface area (Å²) in [5.74, 6) is 0.738. The van der Waals surface area contributed by atoms with Crippen LogP contribution in [0.2, 0.25) is 0 Å². The van der Waals surface area contributed by atoms with Gasteiger partial charge in [-0.1, -0.05) is 0 Å². The van der Waals surface area contributed by atoms with E-state index in [1.165, 1.54) is 33.9 Å². The number of alkyl halides is 2. The molecule has 0 radical (unpaired) electrons. The van der Waals surface area contributed by atoms with Crippen LogP contribution in [0, 0.1) is 0 Å². The SMILES string of the molecule is OC(Nc1cn(Cc2ncco2)nc1-c1cc2c(cc1OC(F)F)NCCO2)c1cnn2cccnc12. The summed E-state index contributed by atoms with van der Waals surface area (Å²) < 4.78 is 45.6. The second-order valence-electron chi connectivity index (χ2n) is 8.05. The molecule has 0 saturated heterocycles. The Balaban J connectivity index is 1.43. The van der Waals surface area contributed by atoms with Crippen LogP contribution in [0.1, 0.15) is 17.7 Å². The van der Waals surface area contributed by atoms with Crippen LogP contribution in [0.25, 0.3) is 16.9 Å². The lowest BCUT2D eigenvalue weighted by molar-refractivity contribution is -0.0494. The zero-order valence-electron chi connectivity index (χ0n) is 19.1. The smallest absolute Gasteiger partial charge is 0.387 e. The molecule has 0 fully saturated rings. The summed E-state index contributed by atoms with van der Waals surface area (Å²) in [6, 6.07) is 4.73. The number of rotatable bonds is 8. The zero-order chi connectivity index (χ0) is 25.4. The summed E-state index contributed by atoms with van der Waals surface area (Å²) in [4.78, 5) is 8.37. The molecule has 12 nitrogen and oxygen atoms in total. The largest absolute Gasteiger partial charge is 0.490 e. The van der Waals surface area contributed by atoms with Crippen LogP contribution in [0.5, 0.6) is 11.5 Å². The van der Waals surface area contributed by atoms with Crippen LogP contribution in [0.4, 0.5) is 20.2 Å². The van der Waals surface area contributed by atoms with E-state index >= 15 is 0 Å². The lowest BCUT2D eigenvalue weighted by atomic mass is 10.1. The number of halogens is 2.